The lowest BCUT2D eigenvalue weighted by molar-refractivity contribution is 0.672. The Morgan fingerprint density at radius 3 is 1.72 bits per heavy atom. The number of anilines is 3. The number of hydrogen-bond donors (Lipinski definition) is 0. The zero-order valence-electron chi connectivity index (χ0n) is 32.7. The van der Waals surface area contributed by atoms with Crippen molar-refractivity contribution in [2.75, 3.05) is 4.90 Å². The number of nitrogens with zero attached hydrogens (tertiary/aromatic N) is 1. The van der Waals surface area contributed by atoms with E-state index in [1.54, 1.807) is 0 Å². The first kappa shape index (κ1) is 34.1. The van der Waals surface area contributed by atoms with Crippen molar-refractivity contribution in [3.05, 3.63) is 224 Å². The smallest absolute Gasteiger partial charge is 0.143 e. The molecule has 0 aliphatic rings. The molecule has 0 radical (unpaired) electrons. The van der Waals surface area contributed by atoms with Crippen molar-refractivity contribution in [1.82, 2.24) is 0 Å². The molecule has 0 unspecified atom stereocenters. The van der Waals surface area contributed by atoms with Crippen LogP contribution in [0.2, 0.25) is 0 Å². The summed E-state index contributed by atoms with van der Waals surface area (Å²) in [5.41, 5.74) is 12.1. The third kappa shape index (κ3) is 5.57. The van der Waals surface area contributed by atoms with Gasteiger partial charge in [-0.1, -0.05) is 170 Å². The van der Waals surface area contributed by atoms with Crippen molar-refractivity contribution in [3.8, 4) is 33.4 Å². The highest BCUT2D eigenvalue weighted by Gasteiger charge is 2.20. The van der Waals surface area contributed by atoms with Crippen LogP contribution >= 0.6 is 0 Å². The van der Waals surface area contributed by atoms with Gasteiger partial charge in [-0.25, -0.2) is 0 Å². The summed E-state index contributed by atoms with van der Waals surface area (Å²) in [6, 6.07) is 81.3. The molecular weight excluding hydrogens is 727 g/mol. The van der Waals surface area contributed by atoms with Gasteiger partial charge < -0.3 is 9.32 Å². The van der Waals surface area contributed by atoms with Gasteiger partial charge in [-0.3, -0.25) is 0 Å². The normalized spacial score (nSPS) is 11.7. The Balaban J connectivity index is 1.04. The first-order chi connectivity index (χ1) is 29.7. The summed E-state index contributed by atoms with van der Waals surface area (Å²) in [5, 5.41) is 12.0. The molecule has 1 heterocycles. The molecule has 0 fully saturated rings. The van der Waals surface area contributed by atoms with Gasteiger partial charge in [0.05, 0.1) is 5.69 Å². The molecule has 0 bridgehead atoms. The molecule has 0 spiro atoms. The zero-order valence-corrected chi connectivity index (χ0v) is 32.7. The average Bonchev–Trinajstić information content (AvgIpc) is 3.70. The molecule has 0 saturated carbocycles. The lowest BCUT2D eigenvalue weighted by Crippen LogP contribution is -2.10. The molecular formula is C58H37NO. The highest BCUT2D eigenvalue weighted by molar-refractivity contribution is 6.16. The van der Waals surface area contributed by atoms with Crippen molar-refractivity contribution in [2.45, 2.75) is 0 Å². The summed E-state index contributed by atoms with van der Waals surface area (Å²) in [5.74, 6) is 0. The number of fused-ring (bicyclic) bond motifs is 9. The van der Waals surface area contributed by atoms with E-state index in [4.69, 9.17) is 4.42 Å². The fraction of sp³-hybridized carbons (Fsp3) is 0. The molecule has 280 valence electrons. The molecule has 0 aliphatic heterocycles. The van der Waals surface area contributed by atoms with Crippen LogP contribution in [0.1, 0.15) is 0 Å². The van der Waals surface area contributed by atoms with Crippen molar-refractivity contribution >= 4 is 82.1 Å². The van der Waals surface area contributed by atoms with Crippen LogP contribution in [0.4, 0.5) is 17.1 Å². The minimum atomic E-state index is 0.862. The van der Waals surface area contributed by atoms with Crippen LogP contribution in [-0.4, -0.2) is 0 Å². The van der Waals surface area contributed by atoms with Gasteiger partial charge in [0, 0.05) is 39.0 Å². The topological polar surface area (TPSA) is 16.4 Å². The van der Waals surface area contributed by atoms with E-state index in [0.717, 1.165) is 55.5 Å². The number of hydrogen-bond acceptors (Lipinski definition) is 2. The van der Waals surface area contributed by atoms with Crippen LogP contribution in [0.25, 0.3) is 98.4 Å². The van der Waals surface area contributed by atoms with Crippen LogP contribution in [0.3, 0.4) is 0 Å². The first-order valence-electron chi connectivity index (χ1n) is 20.6. The molecule has 0 amide bonds. The Morgan fingerprint density at radius 2 is 0.883 bits per heavy atom. The lowest BCUT2D eigenvalue weighted by atomic mass is 9.92. The summed E-state index contributed by atoms with van der Waals surface area (Å²) in [6.07, 6.45) is 0. The molecule has 12 rings (SSSR count). The average molecular weight is 764 g/mol. The van der Waals surface area contributed by atoms with Gasteiger partial charge in [0.2, 0.25) is 0 Å². The maximum Gasteiger partial charge on any atom is 0.143 e. The van der Waals surface area contributed by atoms with Crippen LogP contribution in [0, 0.1) is 0 Å². The fourth-order valence-corrected chi connectivity index (χ4v) is 9.39. The van der Waals surface area contributed by atoms with Crippen molar-refractivity contribution < 1.29 is 4.42 Å². The van der Waals surface area contributed by atoms with Crippen LogP contribution < -0.4 is 4.90 Å². The Labute approximate surface area is 347 Å². The Bertz CT molecular complexity index is 3620. The maximum absolute atomic E-state index is 6.77. The summed E-state index contributed by atoms with van der Waals surface area (Å²) >= 11 is 0. The molecule has 12 aromatic rings. The standard InChI is InChI=1S/C58H37NO/c1-2-14-38(15-3-1)47-32-33-56(52-27-11-10-25-50(47)52)59(45-29-31-53-54-30-28-39-16-4-7-23-48(39)58(54)60-57(53)37-45)44-21-13-19-41(35-44)40-18-12-20-42(34-40)55-36-43-17-5-6-22-46(43)49-24-8-9-26-51(49)55/h1-37H. The molecule has 0 aliphatic carbocycles. The quantitative estimate of drug-likeness (QED) is 0.157. The molecule has 11 aromatic carbocycles. The lowest BCUT2D eigenvalue weighted by Gasteiger charge is -2.28. The number of rotatable bonds is 6. The van der Waals surface area contributed by atoms with Gasteiger partial charge in [0.15, 0.2) is 0 Å². The highest BCUT2D eigenvalue weighted by Crippen LogP contribution is 2.45. The van der Waals surface area contributed by atoms with Crippen molar-refractivity contribution in [1.29, 1.82) is 0 Å². The van der Waals surface area contributed by atoms with E-state index in [-0.39, 0.29) is 0 Å². The Morgan fingerprint density at radius 1 is 0.283 bits per heavy atom. The Kier molecular flexibility index (Phi) is 7.89. The van der Waals surface area contributed by atoms with Crippen molar-refractivity contribution in [2.24, 2.45) is 0 Å². The van der Waals surface area contributed by atoms with Gasteiger partial charge in [0.25, 0.3) is 0 Å². The predicted octanol–water partition coefficient (Wildman–Crippen LogP) is 16.7. The summed E-state index contributed by atoms with van der Waals surface area (Å²) in [7, 11) is 0. The molecule has 0 atom stereocenters. The summed E-state index contributed by atoms with van der Waals surface area (Å²) in [4.78, 5) is 2.39. The van der Waals surface area contributed by atoms with Crippen molar-refractivity contribution in [3.63, 3.8) is 0 Å². The highest BCUT2D eigenvalue weighted by atomic mass is 16.3. The summed E-state index contributed by atoms with van der Waals surface area (Å²) in [6.45, 7) is 0. The third-order valence-electron chi connectivity index (χ3n) is 12.2. The van der Waals surface area contributed by atoms with E-state index in [1.807, 2.05) is 0 Å². The van der Waals surface area contributed by atoms with E-state index in [0.29, 0.717) is 0 Å². The minimum Gasteiger partial charge on any atom is -0.455 e. The number of benzene rings is 11. The second-order valence-corrected chi connectivity index (χ2v) is 15.6. The third-order valence-corrected chi connectivity index (χ3v) is 12.2. The molecule has 2 nitrogen and oxygen atoms in total. The van der Waals surface area contributed by atoms with E-state index in [1.165, 1.54) is 60.0 Å². The molecule has 60 heavy (non-hydrogen) atoms. The second kappa shape index (κ2) is 13.9. The van der Waals surface area contributed by atoms with Gasteiger partial charge in [-0.15, -0.1) is 0 Å². The second-order valence-electron chi connectivity index (χ2n) is 15.6. The summed E-state index contributed by atoms with van der Waals surface area (Å²) < 4.78 is 6.77. The van der Waals surface area contributed by atoms with Crippen LogP contribution in [-0.2, 0) is 0 Å². The Hall–Kier alpha value is -7.94. The first-order valence-corrected chi connectivity index (χ1v) is 20.6. The minimum absolute atomic E-state index is 0.862. The maximum atomic E-state index is 6.77. The van der Waals surface area contributed by atoms with Gasteiger partial charge in [-0.2, -0.15) is 0 Å². The monoisotopic (exact) mass is 763 g/mol. The molecule has 0 saturated heterocycles. The fourth-order valence-electron chi connectivity index (χ4n) is 9.39. The van der Waals surface area contributed by atoms with Gasteiger partial charge in [0.1, 0.15) is 11.2 Å². The van der Waals surface area contributed by atoms with Gasteiger partial charge in [-0.05, 0) is 114 Å². The van der Waals surface area contributed by atoms with Crippen LogP contribution in [0.15, 0.2) is 229 Å². The van der Waals surface area contributed by atoms with Crippen LogP contribution in [0.5, 0.6) is 0 Å². The SMILES string of the molecule is c1ccc(-c2ccc(N(c3cccc(-c4cccc(-c5cc6ccccc6c6ccccc56)c4)c3)c3ccc4c(c3)oc3c5ccccc5ccc43)c3ccccc23)cc1. The number of furan rings is 1. The van der Waals surface area contributed by atoms with E-state index in [9.17, 15) is 0 Å². The molecule has 1 aromatic heterocycles. The van der Waals surface area contributed by atoms with E-state index in [2.05, 4.69) is 229 Å². The van der Waals surface area contributed by atoms with E-state index >= 15 is 0 Å². The zero-order chi connectivity index (χ0) is 39.6. The predicted molar refractivity (Wildman–Crippen MR) is 255 cm³/mol. The largest absolute Gasteiger partial charge is 0.455 e. The van der Waals surface area contributed by atoms with E-state index < -0.39 is 0 Å². The van der Waals surface area contributed by atoms with Gasteiger partial charge >= 0.3 is 0 Å². The molecule has 2 heteroatoms. The molecule has 0 N–H and O–H groups in total.